The molecule has 0 unspecified atom stereocenters. The molecule has 11 heteroatoms. The number of nitro benzene ring substituents is 1. The highest BCUT2D eigenvalue weighted by atomic mass is 127. The molecule has 162 valence electrons. The Kier molecular flexibility index (Phi) is 8.89. The van der Waals surface area contributed by atoms with Gasteiger partial charge in [-0.2, -0.15) is 0 Å². The van der Waals surface area contributed by atoms with Crippen molar-refractivity contribution in [3.8, 4) is 0 Å². The maximum absolute atomic E-state index is 12.3. The number of hydrogen-bond donors (Lipinski definition) is 2. The number of non-ortho nitro benzene ring substituents is 1. The molecule has 2 aromatic rings. The van der Waals surface area contributed by atoms with Crippen molar-refractivity contribution in [1.29, 1.82) is 0 Å². The van der Waals surface area contributed by atoms with Crippen LogP contribution in [-0.2, 0) is 0 Å². The highest BCUT2D eigenvalue weighted by Gasteiger charge is 2.24. The monoisotopic (exact) mass is 528 g/mol. The number of nitrogens with one attached hydrogen (secondary N) is 2. The lowest BCUT2D eigenvalue weighted by molar-refractivity contribution is -0.384. The molecule has 1 aliphatic rings. The molecule has 3 rings (SSSR count). The first-order valence-corrected chi connectivity index (χ1v) is 9.35. The maximum Gasteiger partial charge on any atom is 0.289 e. The molecular weight excluding hydrogens is 503 g/mol. The van der Waals surface area contributed by atoms with Crippen molar-refractivity contribution in [2.24, 2.45) is 4.99 Å². The second-order valence-electron chi connectivity index (χ2n) is 6.46. The summed E-state index contributed by atoms with van der Waals surface area (Å²) in [5.74, 6) is 1.05. The van der Waals surface area contributed by atoms with Crippen LogP contribution in [-0.4, -0.2) is 72.9 Å². The highest BCUT2D eigenvalue weighted by molar-refractivity contribution is 14.0. The first-order valence-electron chi connectivity index (χ1n) is 9.35. The molecule has 30 heavy (non-hydrogen) atoms. The van der Waals surface area contributed by atoms with E-state index in [1.807, 2.05) is 0 Å². The van der Waals surface area contributed by atoms with Crippen LogP contribution in [0.3, 0.4) is 0 Å². The molecule has 2 N–H and O–H groups in total. The molecule has 0 saturated carbocycles. The largest absolute Gasteiger partial charge is 0.459 e. The molecule has 0 bridgehead atoms. The Balaban J connectivity index is 0.00000320. The van der Waals surface area contributed by atoms with E-state index in [4.69, 9.17) is 4.42 Å². The zero-order valence-electron chi connectivity index (χ0n) is 16.6. The van der Waals surface area contributed by atoms with Gasteiger partial charge in [0.25, 0.3) is 11.6 Å². The zero-order valence-corrected chi connectivity index (χ0v) is 18.9. The molecule has 1 saturated heterocycles. The Morgan fingerprint density at radius 3 is 2.37 bits per heavy atom. The van der Waals surface area contributed by atoms with Gasteiger partial charge in [-0.1, -0.05) is 0 Å². The number of benzene rings is 1. The van der Waals surface area contributed by atoms with Crippen molar-refractivity contribution < 1.29 is 14.1 Å². The molecule has 1 aromatic carbocycles. The summed E-state index contributed by atoms with van der Waals surface area (Å²) >= 11 is 0. The maximum atomic E-state index is 12.3. The fraction of sp³-hybridized carbons (Fsp3) is 0.368. The number of carbonyl (C=O) groups is 1. The summed E-state index contributed by atoms with van der Waals surface area (Å²) in [6, 6.07) is 9.69. The summed E-state index contributed by atoms with van der Waals surface area (Å²) in [6.45, 7) is 3.83. The van der Waals surface area contributed by atoms with Crippen LogP contribution in [0.25, 0.3) is 0 Å². The number of rotatable bonds is 6. The Hall–Kier alpha value is -2.83. The molecule has 1 amide bonds. The lowest BCUT2D eigenvalue weighted by Crippen LogP contribution is -2.54. The van der Waals surface area contributed by atoms with Crippen LogP contribution in [0.5, 0.6) is 0 Å². The summed E-state index contributed by atoms with van der Waals surface area (Å²) in [5.41, 5.74) is 0.885. The number of nitrogens with zero attached hydrogens (tertiary/aromatic N) is 4. The van der Waals surface area contributed by atoms with Crippen molar-refractivity contribution in [3.05, 3.63) is 58.5 Å². The third-order valence-corrected chi connectivity index (χ3v) is 4.63. The van der Waals surface area contributed by atoms with Crippen LogP contribution < -0.4 is 10.6 Å². The summed E-state index contributed by atoms with van der Waals surface area (Å²) in [5, 5.41) is 17.2. The van der Waals surface area contributed by atoms with Gasteiger partial charge in [0, 0.05) is 64.1 Å². The molecule has 10 nitrogen and oxygen atoms in total. The molecule has 0 atom stereocenters. The van der Waals surface area contributed by atoms with Crippen LogP contribution in [0.15, 0.2) is 52.1 Å². The van der Waals surface area contributed by atoms with Gasteiger partial charge in [-0.15, -0.1) is 24.0 Å². The van der Waals surface area contributed by atoms with E-state index >= 15 is 0 Å². The van der Waals surface area contributed by atoms with Crippen LogP contribution >= 0.6 is 24.0 Å². The van der Waals surface area contributed by atoms with Crippen molar-refractivity contribution in [1.82, 2.24) is 15.1 Å². The van der Waals surface area contributed by atoms with Gasteiger partial charge in [-0.3, -0.25) is 19.9 Å². The minimum absolute atomic E-state index is 0. The van der Waals surface area contributed by atoms with Gasteiger partial charge in [-0.05, 0) is 24.3 Å². The second-order valence-corrected chi connectivity index (χ2v) is 6.46. The number of anilines is 1. The third-order valence-electron chi connectivity index (χ3n) is 4.63. The number of aliphatic imine (C=N–C) groups is 1. The number of carbonyl (C=O) groups excluding carboxylic acids is 1. The van der Waals surface area contributed by atoms with Crippen LogP contribution in [0.2, 0.25) is 0 Å². The Labute approximate surface area is 191 Å². The number of hydrogen-bond acceptors (Lipinski definition) is 6. The van der Waals surface area contributed by atoms with E-state index in [-0.39, 0.29) is 35.6 Å². The quantitative estimate of drug-likeness (QED) is 0.148. The molecule has 2 heterocycles. The van der Waals surface area contributed by atoms with Crippen molar-refractivity contribution in [3.63, 3.8) is 0 Å². The summed E-state index contributed by atoms with van der Waals surface area (Å²) in [7, 11) is 1.73. The molecule has 1 aromatic heterocycles. The van der Waals surface area contributed by atoms with E-state index in [9.17, 15) is 14.9 Å². The van der Waals surface area contributed by atoms with E-state index in [2.05, 4.69) is 20.5 Å². The van der Waals surface area contributed by atoms with E-state index in [0.717, 1.165) is 11.6 Å². The van der Waals surface area contributed by atoms with Gasteiger partial charge in [-0.25, -0.2) is 0 Å². The SMILES string of the molecule is CN=C(NCCNc1ccc([N+](=O)[O-])cc1)N1CCN(C(=O)c2ccco2)CC1.I. The predicted octanol–water partition coefficient (Wildman–Crippen LogP) is 2.25. The number of halogens is 1. The molecule has 1 fully saturated rings. The van der Waals surface area contributed by atoms with E-state index in [0.29, 0.717) is 45.0 Å². The van der Waals surface area contributed by atoms with Gasteiger partial charge >= 0.3 is 0 Å². The van der Waals surface area contributed by atoms with Crippen molar-refractivity contribution >= 4 is 47.2 Å². The molecule has 0 spiro atoms. The van der Waals surface area contributed by atoms with Crippen molar-refractivity contribution in [2.75, 3.05) is 51.6 Å². The van der Waals surface area contributed by atoms with Gasteiger partial charge in [0.2, 0.25) is 0 Å². The molecule has 0 radical (unpaired) electrons. The number of guanidine groups is 1. The summed E-state index contributed by atoms with van der Waals surface area (Å²) in [6.07, 6.45) is 1.50. The molecule has 1 aliphatic heterocycles. The fourth-order valence-corrected chi connectivity index (χ4v) is 3.09. The first kappa shape index (κ1) is 23.4. The predicted molar refractivity (Wildman–Crippen MR) is 125 cm³/mol. The van der Waals surface area contributed by atoms with E-state index in [1.165, 1.54) is 18.4 Å². The Morgan fingerprint density at radius 2 is 1.80 bits per heavy atom. The number of nitro groups is 1. The normalized spacial score (nSPS) is 14.1. The average Bonchev–Trinajstić information content (AvgIpc) is 3.29. The first-order chi connectivity index (χ1) is 14.1. The topological polar surface area (TPSA) is 116 Å². The lowest BCUT2D eigenvalue weighted by Gasteiger charge is -2.36. The standard InChI is InChI=1S/C19H24N6O4.HI/c1-20-19(22-9-8-21-15-4-6-16(7-5-15)25(27)28)24-12-10-23(11-13-24)18(26)17-3-2-14-29-17;/h2-7,14,21H,8-13H2,1H3,(H,20,22);1H. The lowest BCUT2D eigenvalue weighted by atomic mass is 10.3. The van der Waals surface area contributed by atoms with Crippen LogP contribution in [0, 0.1) is 10.1 Å². The van der Waals surface area contributed by atoms with Crippen LogP contribution in [0.4, 0.5) is 11.4 Å². The number of amides is 1. The Bertz CT molecular complexity index is 848. The Morgan fingerprint density at radius 1 is 1.13 bits per heavy atom. The average molecular weight is 528 g/mol. The zero-order chi connectivity index (χ0) is 20.6. The van der Waals surface area contributed by atoms with Gasteiger partial charge in [0.15, 0.2) is 11.7 Å². The number of piperazine rings is 1. The number of furan rings is 1. The van der Waals surface area contributed by atoms with E-state index in [1.54, 1.807) is 36.2 Å². The summed E-state index contributed by atoms with van der Waals surface area (Å²) in [4.78, 5) is 30.8. The highest BCUT2D eigenvalue weighted by Crippen LogP contribution is 2.15. The van der Waals surface area contributed by atoms with Gasteiger partial charge in [0.05, 0.1) is 11.2 Å². The fourth-order valence-electron chi connectivity index (χ4n) is 3.09. The van der Waals surface area contributed by atoms with Crippen molar-refractivity contribution in [2.45, 2.75) is 0 Å². The minimum atomic E-state index is -0.419. The molecular formula is C19H25IN6O4. The third kappa shape index (κ3) is 6.08. The van der Waals surface area contributed by atoms with E-state index < -0.39 is 4.92 Å². The van der Waals surface area contributed by atoms with Crippen LogP contribution in [0.1, 0.15) is 10.6 Å². The van der Waals surface area contributed by atoms with Gasteiger partial charge in [0.1, 0.15) is 0 Å². The molecule has 0 aliphatic carbocycles. The second kappa shape index (κ2) is 11.4. The summed E-state index contributed by atoms with van der Waals surface area (Å²) < 4.78 is 5.18. The minimum Gasteiger partial charge on any atom is -0.459 e. The van der Waals surface area contributed by atoms with Gasteiger partial charge < -0.3 is 24.9 Å². The smallest absolute Gasteiger partial charge is 0.289 e.